The Hall–Kier alpha value is -3.01. The Morgan fingerprint density at radius 2 is 1.85 bits per heavy atom. The molecule has 4 heteroatoms. The van der Waals surface area contributed by atoms with Gasteiger partial charge < -0.3 is 13.6 Å². The van der Waals surface area contributed by atoms with Crippen molar-refractivity contribution in [2.75, 3.05) is 0 Å². The molecule has 0 radical (unpaired) electrons. The van der Waals surface area contributed by atoms with E-state index in [0.717, 1.165) is 46.6 Å². The first kappa shape index (κ1) is 15.3. The molecule has 0 amide bonds. The van der Waals surface area contributed by atoms with Crippen LogP contribution in [0.5, 0.6) is 5.75 Å². The van der Waals surface area contributed by atoms with Crippen molar-refractivity contribution in [3.8, 4) is 28.5 Å². The summed E-state index contributed by atoms with van der Waals surface area (Å²) in [7, 11) is 0. The quantitative estimate of drug-likeness (QED) is 0.450. The summed E-state index contributed by atoms with van der Waals surface area (Å²) in [4.78, 5) is 4.63. The monoisotopic (exact) mass is 345 g/mol. The lowest BCUT2D eigenvalue weighted by molar-refractivity contribution is 0.210. The molecule has 0 atom stereocenters. The zero-order valence-corrected chi connectivity index (χ0v) is 14.4. The van der Waals surface area contributed by atoms with Crippen molar-refractivity contribution in [1.29, 1.82) is 0 Å². The van der Waals surface area contributed by atoms with Gasteiger partial charge in [-0.2, -0.15) is 0 Å². The van der Waals surface area contributed by atoms with Crippen LogP contribution in [0.4, 0.5) is 0 Å². The summed E-state index contributed by atoms with van der Waals surface area (Å²) < 4.78 is 17.6. The Morgan fingerprint density at radius 3 is 2.69 bits per heavy atom. The fourth-order valence-corrected chi connectivity index (χ4v) is 3.55. The Bertz CT molecular complexity index is 1030. The van der Waals surface area contributed by atoms with Gasteiger partial charge in [-0.05, 0) is 74.2 Å². The molecule has 1 aliphatic rings. The Morgan fingerprint density at radius 1 is 0.923 bits per heavy atom. The Kier molecular flexibility index (Phi) is 3.74. The van der Waals surface area contributed by atoms with Gasteiger partial charge in [0.05, 0.1) is 12.4 Å². The minimum absolute atomic E-state index is 0.338. The maximum atomic E-state index is 6.10. The first-order valence-electron chi connectivity index (χ1n) is 9.07. The van der Waals surface area contributed by atoms with E-state index in [4.69, 9.17) is 13.6 Å². The molecule has 0 N–H and O–H groups in total. The van der Waals surface area contributed by atoms with Crippen molar-refractivity contribution in [2.45, 2.75) is 31.8 Å². The minimum atomic E-state index is 0.338. The van der Waals surface area contributed by atoms with Crippen LogP contribution in [0.2, 0.25) is 0 Å². The van der Waals surface area contributed by atoms with Crippen LogP contribution in [0.15, 0.2) is 69.7 Å². The predicted octanol–water partition coefficient (Wildman–Crippen LogP) is 6.08. The number of oxazole rings is 1. The number of hydrogen-bond acceptors (Lipinski definition) is 4. The van der Waals surface area contributed by atoms with Gasteiger partial charge in [0.15, 0.2) is 5.58 Å². The zero-order chi connectivity index (χ0) is 17.3. The van der Waals surface area contributed by atoms with Crippen LogP contribution in [-0.2, 0) is 0 Å². The van der Waals surface area contributed by atoms with Crippen molar-refractivity contribution in [1.82, 2.24) is 4.98 Å². The third-order valence-electron chi connectivity index (χ3n) is 4.88. The van der Waals surface area contributed by atoms with E-state index >= 15 is 0 Å². The van der Waals surface area contributed by atoms with E-state index < -0.39 is 0 Å². The highest BCUT2D eigenvalue weighted by atomic mass is 16.5. The van der Waals surface area contributed by atoms with Crippen LogP contribution in [0.3, 0.4) is 0 Å². The molecule has 2 aromatic carbocycles. The van der Waals surface area contributed by atoms with Crippen LogP contribution in [-0.4, -0.2) is 11.1 Å². The SMILES string of the molecule is c1cc(OC2CCCC2)cc(-c2nc3ccc(-c4ccco4)cc3o2)c1. The molecule has 4 nitrogen and oxygen atoms in total. The lowest BCUT2D eigenvalue weighted by Crippen LogP contribution is -2.10. The third kappa shape index (κ3) is 2.88. The van der Waals surface area contributed by atoms with Gasteiger partial charge in [0.25, 0.3) is 0 Å². The van der Waals surface area contributed by atoms with Crippen molar-refractivity contribution in [3.63, 3.8) is 0 Å². The molecule has 4 aromatic rings. The number of nitrogens with zero attached hydrogens (tertiary/aromatic N) is 1. The third-order valence-corrected chi connectivity index (χ3v) is 4.88. The number of hydrogen-bond donors (Lipinski definition) is 0. The van der Waals surface area contributed by atoms with Crippen LogP contribution in [0.1, 0.15) is 25.7 Å². The van der Waals surface area contributed by atoms with Gasteiger partial charge in [-0.25, -0.2) is 4.98 Å². The number of fused-ring (bicyclic) bond motifs is 1. The van der Waals surface area contributed by atoms with Crippen LogP contribution in [0, 0.1) is 0 Å². The molecule has 2 heterocycles. The molecule has 0 unspecified atom stereocenters. The van der Waals surface area contributed by atoms with Crippen molar-refractivity contribution in [2.24, 2.45) is 0 Å². The maximum Gasteiger partial charge on any atom is 0.227 e. The van der Waals surface area contributed by atoms with E-state index in [-0.39, 0.29) is 0 Å². The lowest BCUT2D eigenvalue weighted by Gasteiger charge is -2.13. The molecule has 0 spiro atoms. The molecule has 2 aromatic heterocycles. The summed E-state index contributed by atoms with van der Waals surface area (Å²) in [6, 6.07) is 17.7. The predicted molar refractivity (Wildman–Crippen MR) is 100 cm³/mol. The van der Waals surface area contributed by atoms with E-state index in [0.29, 0.717) is 12.0 Å². The summed E-state index contributed by atoms with van der Waals surface area (Å²) in [5.74, 6) is 2.30. The fourth-order valence-electron chi connectivity index (χ4n) is 3.55. The molecule has 0 saturated heterocycles. The van der Waals surface area contributed by atoms with Gasteiger partial charge in [-0.3, -0.25) is 0 Å². The molecule has 130 valence electrons. The second-order valence-electron chi connectivity index (χ2n) is 6.73. The summed E-state index contributed by atoms with van der Waals surface area (Å²) in [6.45, 7) is 0. The van der Waals surface area contributed by atoms with Crippen molar-refractivity contribution in [3.05, 3.63) is 60.9 Å². The highest BCUT2D eigenvalue weighted by Crippen LogP contribution is 2.31. The van der Waals surface area contributed by atoms with Crippen molar-refractivity contribution >= 4 is 11.1 Å². The number of furan rings is 1. The van der Waals surface area contributed by atoms with Crippen LogP contribution in [0.25, 0.3) is 33.9 Å². The zero-order valence-electron chi connectivity index (χ0n) is 14.4. The molecule has 26 heavy (non-hydrogen) atoms. The number of benzene rings is 2. The number of aromatic nitrogens is 1. The Labute approximate surface area is 151 Å². The highest BCUT2D eigenvalue weighted by Gasteiger charge is 2.17. The largest absolute Gasteiger partial charge is 0.490 e. The average Bonchev–Trinajstić information content (AvgIpc) is 3.42. The average molecular weight is 345 g/mol. The molecule has 0 aliphatic heterocycles. The van der Waals surface area contributed by atoms with Gasteiger partial charge in [-0.1, -0.05) is 6.07 Å². The molecule has 1 saturated carbocycles. The lowest BCUT2D eigenvalue weighted by atomic mass is 10.1. The molecule has 5 rings (SSSR count). The Balaban J connectivity index is 1.46. The van der Waals surface area contributed by atoms with Gasteiger partial charge >= 0.3 is 0 Å². The van der Waals surface area contributed by atoms with Crippen LogP contribution < -0.4 is 4.74 Å². The van der Waals surface area contributed by atoms with Gasteiger partial charge in [-0.15, -0.1) is 0 Å². The van der Waals surface area contributed by atoms with Gasteiger partial charge in [0.1, 0.15) is 17.0 Å². The first-order valence-corrected chi connectivity index (χ1v) is 9.07. The van der Waals surface area contributed by atoms with Gasteiger partial charge in [0.2, 0.25) is 5.89 Å². The van der Waals surface area contributed by atoms with E-state index in [9.17, 15) is 0 Å². The highest BCUT2D eigenvalue weighted by molar-refractivity contribution is 5.81. The van der Waals surface area contributed by atoms with Gasteiger partial charge in [0, 0.05) is 11.1 Å². The summed E-state index contributed by atoms with van der Waals surface area (Å²) in [6.07, 6.45) is 6.80. The minimum Gasteiger partial charge on any atom is -0.490 e. The van der Waals surface area contributed by atoms with Crippen molar-refractivity contribution < 1.29 is 13.6 Å². The fraction of sp³-hybridized carbons (Fsp3) is 0.227. The number of ether oxygens (including phenoxy) is 1. The summed E-state index contributed by atoms with van der Waals surface area (Å²) in [5, 5.41) is 0. The summed E-state index contributed by atoms with van der Waals surface area (Å²) >= 11 is 0. The molecule has 0 bridgehead atoms. The van der Waals surface area contributed by atoms with E-state index in [1.165, 1.54) is 12.8 Å². The standard InChI is InChI=1S/C22H19NO3/c1-2-7-17(6-1)25-18-8-3-5-16(13-18)22-23-19-11-10-15(14-21(19)26-22)20-9-4-12-24-20/h3-5,8-14,17H,1-2,6-7H2. The van der Waals surface area contributed by atoms with E-state index in [1.807, 2.05) is 54.6 Å². The van der Waals surface area contributed by atoms with Crippen LogP contribution >= 0.6 is 0 Å². The molecular formula is C22H19NO3. The summed E-state index contributed by atoms with van der Waals surface area (Å²) in [5.41, 5.74) is 3.48. The molecule has 1 aliphatic carbocycles. The van der Waals surface area contributed by atoms with E-state index in [2.05, 4.69) is 4.98 Å². The first-order chi connectivity index (χ1) is 12.8. The normalized spacial score (nSPS) is 14.9. The topological polar surface area (TPSA) is 48.4 Å². The molecular weight excluding hydrogens is 326 g/mol. The smallest absolute Gasteiger partial charge is 0.227 e. The second-order valence-corrected chi connectivity index (χ2v) is 6.73. The second kappa shape index (κ2) is 6.37. The van der Waals surface area contributed by atoms with E-state index in [1.54, 1.807) is 6.26 Å². The maximum absolute atomic E-state index is 6.10. The molecule has 1 fully saturated rings. The number of rotatable bonds is 4.